The zero-order chi connectivity index (χ0) is 18.5. The minimum absolute atomic E-state index is 0.0864. The minimum Gasteiger partial charge on any atom is -0.496 e. The molecule has 6 heteroatoms. The fraction of sp³-hybridized carbons (Fsp3) is 0.400. The summed E-state index contributed by atoms with van der Waals surface area (Å²) in [6.07, 6.45) is 3.01. The van der Waals surface area contributed by atoms with Crippen LogP contribution in [0.1, 0.15) is 30.0 Å². The van der Waals surface area contributed by atoms with E-state index in [1.807, 2.05) is 30.3 Å². The number of aliphatic hydroxyl groups excluding tert-OH is 1. The largest absolute Gasteiger partial charge is 0.496 e. The molecule has 138 valence electrons. The van der Waals surface area contributed by atoms with E-state index in [2.05, 4.69) is 10.3 Å². The lowest BCUT2D eigenvalue weighted by Crippen LogP contribution is -2.42. The van der Waals surface area contributed by atoms with Crippen LogP contribution in [0.15, 0.2) is 42.6 Å². The van der Waals surface area contributed by atoms with Gasteiger partial charge in [0, 0.05) is 17.8 Å². The highest BCUT2D eigenvalue weighted by Crippen LogP contribution is 2.38. The minimum atomic E-state index is -0.292. The Kier molecular flexibility index (Phi) is 5.73. The van der Waals surface area contributed by atoms with Crippen LogP contribution in [0.25, 0.3) is 0 Å². The zero-order valence-corrected chi connectivity index (χ0v) is 15.0. The quantitative estimate of drug-likeness (QED) is 0.795. The maximum absolute atomic E-state index is 12.6. The molecule has 26 heavy (non-hydrogen) atoms. The van der Waals surface area contributed by atoms with Crippen molar-refractivity contribution in [1.29, 1.82) is 0 Å². The molecule has 0 spiro atoms. The lowest BCUT2D eigenvalue weighted by Gasteiger charge is -2.38. The molecule has 3 rings (SSSR count). The van der Waals surface area contributed by atoms with Crippen molar-refractivity contribution in [2.75, 3.05) is 14.2 Å². The highest BCUT2D eigenvalue weighted by atomic mass is 16.5. The fourth-order valence-electron chi connectivity index (χ4n) is 3.32. The predicted molar refractivity (Wildman–Crippen MR) is 97.1 cm³/mol. The normalized spacial score (nSPS) is 20.0. The highest BCUT2D eigenvalue weighted by Gasteiger charge is 2.35. The van der Waals surface area contributed by atoms with Crippen molar-refractivity contribution in [2.45, 2.75) is 31.4 Å². The summed E-state index contributed by atoms with van der Waals surface area (Å²) in [5.74, 6) is 1.34. The maximum atomic E-state index is 12.6. The summed E-state index contributed by atoms with van der Waals surface area (Å²) < 4.78 is 10.4. The number of pyridine rings is 1. The Bertz CT molecular complexity index is 742. The van der Waals surface area contributed by atoms with Gasteiger partial charge in [-0.15, -0.1) is 0 Å². The number of nitrogens with one attached hydrogen (secondary N) is 1. The first-order chi connectivity index (χ1) is 12.6. The summed E-state index contributed by atoms with van der Waals surface area (Å²) in [6, 6.07) is 11.0. The number of aromatic nitrogens is 1. The first-order valence-electron chi connectivity index (χ1n) is 8.70. The molecule has 0 saturated heterocycles. The molecule has 1 aromatic carbocycles. The summed E-state index contributed by atoms with van der Waals surface area (Å²) in [6.45, 7) is 0. The summed E-state index contributed by atoms with van der Waals surface area (Å²) in [5.41, 5.74) is 1.75. The standard InChI is InChI=1S/C20H24N2O4/c1-25-17-6-4-3-5-13(17)11-18(24)22-20(15-9-16(23)10-15)14-7-8-19(26-2)21-12-14/h3-8,12,15-16,20,23H,9-11H2,1-2H3,(H,22,24)/t15?,16?,20-/m1/s1. The van der Waals surface area contributed by atoms with Crippen LogP contribution in [0.5, 0.6) is 11.6 Å². The number of methoxy groups -OCH3 is 2. The molecule has 1 aliphatic carbocycles. The molecule has 6 nitrogen and oxygen atoms in total. The summed E-state index contributed by atoms with van der Waals surface area (Å²) in [5, 5.41) is 12.8. The molecule has 1 amide bonds. The van der Waals surface area contributed by atoms with Gasteiger partial charge in [0.05, 0.1) is 32.8 Å². The third-order valence-corrected chi connectivity index (χ3v) is 4.81. The van der Waals surface area contributed by atoms with Gasteiger partial charge in [0.15, 0.2) is 0 Å². The van der Waals surface area contributed by atoms with E-state index < -0.39 is 0 Å². The van der Waals surface area contributed by atoms with E-state index in [-0.39, 0.29) is 30.4 Å². The Hall–Kier alpha value is -2.60. The maximum Gasteiger partial charge on any atom is 0.225 e. The van der Waals surface area contributed by atoms with Gasteiger partial charge in [-0.05, 0) is 30.4 Å². The van der Waals surface area contributed by atoms with Crippen LogP contribution in [-0.2, 0) is 11.2 Å². The second kappa shape index (κ2) is 8.19. The first-order valence-corrected chi connectivity index (χ1v) is 8.70. The molecule has 1 aromatic heterocycles. The fourth-order valence-corrected chi connectivity index (χ4v) is 3.32. The number of carbonyl (C=O) groups excluding carboxylic acids is 1. The number of hydrogen-bond donors (Lipinski definition) is 2. The van der Waals surface area contributed by atoms with E-state index in [1.54, 1.807) is 26.5 Å². The number of ether oxygens (including phenoxy) is 2. The van der Waals surface area contributed by atoms with Crippen LogP contribution < -0.4 is 14.8 Å². The van der Waals surface area contributed by atoms with E-state index in [4.69, 9.17) is 9.47 Å². The number of nitrogens with zero attached hydrogens (tertiary/aromatic N) is 1. The van der Waals surface area contributed by atoms with Gasteiger partial charge in [-0.1, -0.05) is 24.3 Å². The number of hydrogen-bond acceptors (Lipinski definition) is 5. The summed E-state index contributed by atoms with van der Waals surface area (Å²) in [7, 11) is 3.16. The van der Waals surface area contributed by atoms with Crippen molar-refractivity contribution in [3.8, 4) is 11.6 Å². The Balaban J connectivity index is 1.73. The molecule has 1 atom stereocenters. The van der Waals surface area contributed by atoms with Gasteiger partial charge in [0.25, 0.3) is 0 Å². The molecule has 1 fully saturated rings. The predicted octanol–water partition coefficient (Wildman–Crippen LogP) is 2.27. The van der Waals surface area contributed by atoms with E-state index >= 15 is 0 Å². The second-order valence-electron chi connectivity index (χ2n) is 6.55. The van der Waals surface area contributed by atoms with E-state index in [0.29, 0.717) is 24.5 Å². The molecular weight excluding hydrogens is 332 g/mol. The SMILES string of the molecule is COc1ccc([C@@H](NC(=O)Cc2ccccc2OC)C2CC(O)C2)cn1. The number of benzene rings is 1. The molecule has 0 bridgehead atoms. The van der Waals surface area contributed by atoms with Crippen molar-refractivity contribution in [1.82, 2.24) is 10.3 Å². The van der Waals surface area contributed by atoms with Gasteiger partial charge in [-0.25, -0.2) is 4.98 Å². The number of para-hydroxylation sites is 1. The average molecular weight is 356 g/mol. The number of aliphatic hydroxyl groups is 1. The molecule has 1 saturated carbocycles. The lowest BCUT2D eigenvalue weighted by atomic mass is 9.75. The van der Waals surface area contributed by atoms with Crippen molar-refractivity contribution in [3.63, 3.8) is 0 Å². The average Bonchev–Trinajstić information content (AvgIpc) is 2.64. The summed E-state index contributed by atoms with van der Waals surface area (Å²) >= 11 is 0. The van der Waals surface area contributed by atoms with Crippen LogP contribution >= 0.6 is 0 Å². The van der Waals surface area contributed by atoms with Gasteiger partial charge in [-0.3, -0.25) is 4.79 Å². The Morgan fingerprint density at radius 2 is 2.00 bits per heavy atom. The Morgan fingerprint density at radius 3 is 2.62 bits per heavy atom. The van der Waals surface area contributed by atoms with E-state index in [9.17, 15) is 9.90 Å². The molecule has 0 aliphatic heterocycles. The van der Waals surface area contributed by atoms with Crippen molar-refractivity contribution < 1.29 is 19.4 Å². The monoisotopic (exact) mass is 356 g/mol. The zero-order valence-electron chi connectivity index (χ0n) is 15.0. The second-order valence-corrected chi connectivity index (χ2v) is 6.55. The molecule has 2 N–H and O–H groups in total. The lowest BCUT2D eigenvalue weighted by molar-refractivity contribution is -0.122. The van der Waals surface area contributed by atoms with Crippen LogP contribution in [-0.4, -0.2) is 36.3 Å². The number of amides is 1. The Labute approximate surface area is 153 Å². The van der Waals surface area contributed by atoms with Gasteiger partial charge in [0.2, 0.25) is 11.8 Å². The highest BCUT2D eigenvalue weighted by molar-refractivity contribution is 5.79. The van der Waals surface area contributed by atoms with Crippen molar-refractivity contribution in [2.24, 2.45) is 5.92 Å². The van der Waals surface area contributed by atoms with Crippen LogP contribution in [0.4, 0.5) is 0 Å². The summed E-state index contributed by atoms with van der Waals surface area (Å²) in [4.78, 5) is 16.9. The molecule has 2 aromatic rings. The van der Waals surface area contributed by atoms with Gasteiger partial charge >= 0.3 is 0 Å². The number of rotatable bonds is 7. The smallest absolute Gasteiger partial charge is 0.225 e. The van der Waals surface area contributed by atoms with Crippen LogP contribution in [0.2, 0.25) is 0 Å². The third kappa shape index (κ3) is 4.14. The first kappa shape index (κ1) is 18.2. The molecule has 0 radical (unpaired) electrons. The van der Waals surface area contributed by atoms with Gasteiger partial charge in [-0.2, -0.15) is 0 Å². The van der Waals surface area contributed by atoms with E-state index in [0.717, 1.165) is 11.1 Å². The Morgan fingerprint density at radius 1 is 1.23 bits per heavy atom. The molecule has 0 unspecified atom stereocenters. The molecule has 1 heterocycles. The molecule has 1 aliphatic rings. The van der Waals surface area contributed by atoms with Crippen molar-refractivity contribution in [3.05, 3.63) is 53.7 Å². The third-order valence-electron chi connectivity index (χ3n) is 4.81. The van der Waals surface area contributed by atoms with Crippen molar-refractivity contribution >= 4 is 5.91 Å². The van der Waals surface area contributed by atoms with Gasteiger partial charge in [0.1, 0.15) is 5.75 Å². The van der Waals surface area contributed by atoms with Gasteiger partial charge < -0.3 is 19.9 Å². The molecular formula is C20H24N2O4. The van der Waals surface area contributed by atoms with Crippen LogP contribution in [0.3, 0.4) is 0 Å². The number of carbonyl (C=O) groups is 1. The van der Waals surface area contributed by atoms with E-state index in [1.165, 1.54) is 0 Å². The topological polar surface area (TPSA) is 80.7 Å². The van der Waals surface area contributed by atoms with Crippen LogP contribution in [0, 0.1) is 5.92 Å².